The highest BCUT2D eigenvalue weighted by Crippen LogP contribution is 2.31. The van der Waals surface area contributed by atoms with Crippen molar-refractivity contribution in [2.24, 2.45) is 0 Å². The maximum Gasteiger partial charge on any atom is 0.113 e. The van der Waals surface area contributed by atoms with Crippen LogP contribution in [0.1, 0.15) is 11.7 Å². The molecule has 1 aromatic rings. The van der Waals surface area contributed by atoms with Gasteiger partial charge in [-0.25, -0.2) is 0 Å². The Morgan fingerprint density at radius 3 is 2.18 bits per heavy atom. The van der Waals surface area contributed by atoms with Crippen LogP contribution < -0.4 is 0 Å². The van der Waals surface area contributed by atoms with Gasteiger partial charge in [0.05, 0.1) is 6.61 Å². The molecule has 2 rings (SSSR count). The third-order valence-corrected chi connectivity index (χ3v) is 3.02. The Labute approximate surface area is 98.9 Å². The lowest BCUT2D eigenvalue weighted by atomic mass is 9.91. The van der Waals surface area contributed by atoms with Crippen LogP contribution in [0, 0.1) is 0 Å². The summed E-state index contributed by atoms with van der Waals surface area (Å²) in [6.07, 6.45) is -5.46. The molecule has 94 valence electrons. The van der Waals surface area contributed by atoms with Crippen LogP contribution in [-0.4, -0.2) is 51.4 Å². The van der Waals surface area contributed by atoms with Crippen molar-refractivity contribution in [1.29, 1.82) is 0 Å². The number of benzene rings is 1. The molecule has 17 heavy (non-hydrogen) atoms. The van der Waals surface area contributed by atoms with Crippen molar-refractivity contribution in [1.82, 2.24) is 0 Å². The van der Waals surface area contributed by atoms with E-state index >= 15 is 0 Å². The second-order valence-electron chi connectivity index (χ2n) is 4.16. The molecule has 1 saturated heterocycles. The van der Waals surface area contributed by atoms with E-state index in [0.717, 1.165) is 0 Å². The van der Waals surface area contributed by atoms with E-state index < -0.39 is 37.1 Å². The highest BCUT2D eigenvalue weighted by Gasteiger charge is 2.43. The monoisotopic (exact) mass is 240 g/mol. The lowest BCUT2D eigenvalue weighted by Gasteiger charge is -2.40. The minimum Gasteiger partial charge on any atom is -0.394 e. The molecular formula is C12H16O5. The van der Waals surface area contributed by atoms with Gasteiger partial charge in [0.1, 0.15) is 30.5 Å². The predicted molar refractivity (Wildman–Crippen MR) is 59.2 cm³/mol. The molecule has 1 aliphatic rings. The zero-order chi connectivity index (χ0) is 12.4. The highest BCUT2D eigenvalue weighted by molar-refractivity contribution is 5.20. The lowest BCUT2D eigenvalue weighted by Crippen LogP contribution is -2.55. The van der Waals surface area contributed by atoms with Crippen molar-refractivity contribution in [3.05, 3.63) is 35.9 Å². The minimum absolute atomic E-state index is 0.408. The molecular weight excluding hydrogens is 224 g/mol. The van der Waals surface area contributed by atoms with Crippen LogP contribution >= 0.6 is 0 Å². The average Bonchev–Trinajstić information content (AvgIpc) is 2.37. The van der Waals surface area contributed by atoms with Gasteiger partial charge in [-0.05, 0) is 5.56 Å². The molecule has 0 radical (unpaired) electrons. The summed E-state index contributed by atoms with van der Waals surface area (Å²) in [6.45, 7) is -0.408. The second kappa shape index (κ2) is 5.12. The number of ether oxygens (including phenoxy) is 1. The second-order valence-corrected chi connectivity index (χ2v) is 4.16. The quantitative estimate of drug-likeness (QED) is 0.543. The van der Waals surface area contributed by atoms with Crippen LogP contribution in [0.25, 0.3) is 0 Å². The number of rotatable bonds is 2. The zero-order valence-electron chi connectivity index (χ0n) is 9.18. The number of aliphatic hydroxyl groups is 4. The van der Waals surface area contributed by atoms with E-state index in [1.165, 1.54) is 0 Å². The summed E-state index contributed by atoms with van der Waals surface area (Å²) in [5.74, 6) is 0. The van der Waals surface area contributed by atoms with Gasteiger partial charge in [0.25, 0.3) is 0 Å². The molecule has 5 heteroatoms. The smallest absolute Gasteiger partial charge is 0.113 e. The first kappa shape index (κ1) is 12.5. The SMILES string of the molecule is OC[C@H]1OC(c2ccccc2)[C@H](O)[C@@H](O)[C@H]1O. The van der Waals surface area contributed by atoms with E-state index in [1.54, 1.807) is 24.3 Å². The van der Waals surface area contributed by atoms with Crippen LogP contribution in [-0.2, 0) is 4.74 Å². The van der Waals surface area contributed by atoms with Gasteiger partial charge in [0.2, 0.25) is 0 Å². The standard InChI is InChI=1S/C12H16O5/c13-6-8-9(14)10(15)11(16)12(17-8)7-4-2-1-3-5-7/h1-5,8-16H,6H2/t8-,9+,10+,11-,12?/m1/s1. The van der Waals surface area contributed by atoms with E-state index in [4.69, 9.17) is 9.84 Å². The summed E-state index contributed by atoms with van der Waals surface area (Å²) in [4.78, 5) is 0. The summed E-state index contributed by atoms with van der Waals surface area (Å²) in [7, 11) is 0. The fourth-order valence-electron chi connectivity index (χ4n) is 2.02. The van der Waals surface area contributed by atoms with Crippen LogP contribution in [0.4, 0.5) is 0 Å². The Morgan fingerprint density at radius 2 is 1.59 bits per heavy atom. The third kappa shape index (κ3) is 2.34. The maximum absolute atomic E-state index is 9.86. The molecule has 0 bridgehead atoms. The van der Waals surface area contributed by atoms with Gasteiger partial charge in [-0.3, -0.25) is 0 Å². The zero-order valence-corrected chi connectivity index (χ0v) is 9.18. The van der Waals surface area contributed by atoms with Gasteiger partial charge in [0, 0.05) is 0 Å². The molecule has 1 unspecified atom stereocenters. The van der Waals surface area contributed by atoms with E-state index in [9.17, 15) is 15.3 Å². The molecule has 1 aromatic carbocycles. The Hall–Kier alpha value is -0.980. The van der Waals surface area contributed by atoms with Crippen LogP contribution in [0.15, 0.2) is 30.3 Å². The van der Waals surface area contributed by atoms with Gasteiger partial charge >= 0.3 is 0 Å². The topological polar surface area (TPSA) is 90.2 Å². The Bertz CT molecular complexity index is 353. The van der Waals surface area contributed by atoms with Crippen LogP contribution in [0.5, 0.6) is 0 Å². The van der Waals surface area contributed by atoms with Crippen molar-refractivity contribution in [3.8, 4) is 0 Å². The molecule has 1 aliphatic heterocycles. The van der Waals surface area contributed by atoms with Crippen LogP contribution in [0.3, 0.4) is 0 Å². The van der Waals surface area contributed by atoms with E-state index in [1.807, 2.05) is 6.07 Å². The van der Waals surface area contributed by atoms with E-state index in [2.05, 4.69) is 0 Å². The first-order valence-electron chi connectivity index (χ1n) is 5.50. The fraction of sp³-hybridized carbons (Fsp3) is 0.500. The molecule has 0 saturated carbocycles. The normalized spacial score (nSPS) is 38.0. The largest absolute Gasteiger partial charge is 0.394 e. The van der Waals surface area contributed by atoms with Gasteiger partial charge in [-0.2, -0.15) is 0 Å². The summed E-state index contributed by atoms with van der Waals surface area (Å²) in [6, 6.07) is 8.92. The van der Waals surface area contributed by atoms with Crippen molar-refractivity contribution < 1.29 is 25.2 Å². The van der Waals surface area contributed by atoms with Gasteiger partial charge < -0.3 is 25.2 Å². The van der Waals surface area contributed by atoms with Crippen molar-refractivity contribution in [2.75, 3.05) is 6.61 Å². The molecule has 4 N–H and O–H groups in total. The number of hydrogen-bond donors (Lipinski definition) is 4. The summed E-state index contributed by atoms with van der Waals surface area (Å²) >= 11 is 0. The number of hydrogen-bond acceptors (Lipinski definition) is 5. The van der Waals surface area contributed by atoms with Crippen molar-refractivity contribution in [2.45, 2.75) is 30.5 Å². The summed E-state index contributed by atoms with van der Waals surface area (Å²) in [5, 5.41) is 38.2. The first-order valence-corrected chi connectivity index (χ1v) is 5.50. The third-order valence-electron chi connectivity index (χ3n) is 3.02. The molecule has 5 atom stereocenters. The molecule has 1 fully saturated rings. The highest BCUT2D eigenvalue weighted by atomic mass is 16.5. The lowest BCUT2D eigenvalue weighted by molar-refractivity contribution is -0.231. The van der Waals surface area contributed by atoms with Crippen molar-refractivity contribution in [3.63, 3.8) is 0 Å². The summed E-state index contributed by atoms with van der Waals surface area (Å²) in [5.41, 5.74) is 0.699. The molecule has 0 aliphatic carbocycles. The first-order chi connectivity index (χ1) is 8.15. The van der Waals surface area contributed by atoms with E-state index in [-0.39, 0.29) is 0 Å². The maximum atomic E-state index is 9.86. The van der Waals surface area contributed by atoms with Crippen LogP contribution in [0.2, 0.25) is 0 Å². The molecule has 0 aromatic heterocycles. The molecule has 1 heterocycles. The summed E-state index contributed by atoms with van der Waals surface area (Å²) < 4.78 is 5.41. The number of aliphatic hydroxyl groups excluding tert-OH is 4. The van der Waals surface area contributed by atoms with Gasteiger partial charge in [-0.1, -0.05) is 30.3 Å². The molecule has 0 amide bonds. The van der Waals surface area contributed by atoms with E-state index in [0.29, 0.717) is 5.56 Å². The minimum atomic E-state index is -1.33. The Balaban J connectivity index is 2.23. The van der Waals surface area contributed by atoms with Gasteiger partial charge in [-0.15, -0.1) is 0 Å². The average molecular weight is 240 g/mol. The fourth-order valence-corrected chi connectivity index (χ4v) is 2.02. The molecule has 0 spiro atoms. The Morgan fingerprint density at radius 1 is 0.941 bits per heavy atom. The molecule has 5 nitrogen and oxygen atoms in total. The van der Waals surface area contributed by atoms with Gasteiger partial charge in [0.15, 0.2) is 0 Å². The predicted octanol–water partition coefficient (Wildman–Crippen LogP) is -0.799. The Kier molecular flexibility index (Phi) is 3.76. The van der Waals surface area contributed by atoms with Crippen molar-refractivity contribution >= 4 is 0 Å².